The maximum absolute atomic E-state index is 12.4. The zero-order valence-electron chi connectivity index (χ0n) is 14.9. The molecular weight excluding hydrogens is 276 g/mol. The van der Waals surface area contributed by atoms with E-state index in [1.165, 1.54) is 13.0 Å². The Labute approximate surface area is 136 Å². The lowest BCUT2D eigenvalue weighted by Gasteiger charge is -2.34. The van der Waals surface area contributed by atoms with Crippen LogP contribution in [0.15, 0.2) is 0 Å². The van der Waals surface area contributed by atoms with Gasteiger partial charge >= 0.3 is 0 Å². The van der Waals surface area contributed by atoms with Crippen LogP contribution in [0.2, 0.25) is 0 Å². The molecule has 128 valence electrons. The lowest BCUT2D eigenvalue weighted by Crippen LogP contribution is -2.49. The molecule has 2 fully saturated rings. The van der Waals surface area contributed by atoms with E-state index in [9.17, 15) is 4.79 Å². The van der Waals surface area contributed by atoms with Gasteiger partial charge in [0.25, 0.3) is 0 Å². The summed E-state index contributed by atoms with van der Waals surface area (Å²) >= 11 is 0. The predicted molar refractivity (Wildman–Crippen MR) is 91.0 cm³/mol. The van der Waals surface area contributed by atoms with Crippen LogP contribution in [0.25, 0.3) is 0 Å². The van der Waals surface area contributed by atoms with Gasteiger partial charge in [0, 0.05) is 52.4 Å². The van der Waals surface area contributed by atoms with Gasteiger partial charge < -0.3 is 14.7 Å². The first-order chi connectivity index (χ1) is 10.5. The maximum Gasteiger partial charge on any atom is 0.236 e. The summed E-state index contributed by atoms with van der Waals surface area (Å²) < 4.78 is 0. The molecule has 0 radical (unpaired) electrons. The highest BCUT2D eigenvalue weighted by atomic mass is 16.2. The summed E-state index contributed by atoms with van der Waals surface area (Å²) in [6.45, 7) is 15.9. The highest BCUT2D eigenvalue weighted by molar-refractivity contribution is 5.78. The van der Waals surface area contributed by atoms with Crippen LogP contribution in [0.1, 0.15) is 27.2 Å². The zero-order valence-corrected chi connectivity index (χ0v) is 14.9. The minimum atomic E-state index is 0.285. The quantitative estimate of drug-likeness (QED) is 0.726. The third kappa shape index (κ3) is 4.93. The van der Waals surface area contributed by atoms with Crippen LogP contribution >= 0.6 is 0 Å². The molecule has 2 heterocycles. The Balaban J connectivity index is 1.69. The van der Waals surface area contributed by atoms with E-state index in [-0.39, 0.29) is 5.91 Å². The summed E-state index contributed by atoms with van der Waals surface area (Å²) in [7, 11) is 1.97. The molecule has 0 aromatic heterocycles. The topological polar surface area (TPSA) is 30.0 Å². The molecule has 0 aromatic carbocycles. The average Bonchev–Trinajstić information content (AvgIpc) is 2.96. The first-order valence-corrected chi connectivity index (χ1v) is 8.92. The number of rotatable bonds is 6. The van der Waals surface area contributed by atoms with Crippen molar-refractivity contribution in [2.75, 3.05) is 66.0 Å². The van der Waals surface area contributed by atoms with Crippen molar-refractivity contribution >= 4 is 5.91 Å². The second-order valence-corrected chi connectivity index (χ2v) is 7.23. The summed E-state index contributed by atoms with van der Waals surface area (Å²) in [5, 5.41) is 0. The molecule has 5 heteroatoms. The fraction of sp³-hybridized carbons (Fsp3) is 0.941. The van der Waals surface area contributed by atoms with Crippen molar-refractivity contribution in [1.82, 2.24) is 19.6 Å². The van der Waals surface area contributed by atoms with E-state index >= 15 is 0 Å². The van der Waals surface area contributed by atoms with Crippen molar-refractivity contribution in [2.45, 2.75) is 33.2 Å². The highest BCUT2D eigenvalue weighted by Crippen LogP contribution is 2.19. The largest absolute Gasteiger partial charge is 0.344 e. The van der Waals surface area contributed by atoms with Gasteiger partial charge in [0.2, 0.25) is 5.91 Å². The fourth-order valence-corrected chi connectivity index (χ4v) is 3.55. The molecule has 2 rings (SSSR count). The number of likely N-dealkylation sites (tertiary alicyclic amines) is 1. The second-order valence-electron chi connectivity index (χ2n) is 7.23. The number of piperazine rings is 1. The summed E-state index contributed by atoms with van der Waals surface area (Å²) in [5.74, 6) is 0.932. The van der Waals surface area contributed by atoms with Crippen LogP contribution in [-0.4, -0.2) is 97.5 Å². The van der Waals surface area contributed by atoms with Gasteiger partial charge in [-0.2, -0.15) is 0 Å². The lowest BCUT2D eigenvalue weighted by molar-refractivity contribution is -0.132. The third-order valence-electron chi connectivity index (χ3n) is 5.28. The van der Waals surface area contributed by atoms with Crippen LogP contribution in [0, 0.1) is 5.92 Å². The van der Waals surface area contributed by atoms with Crippen molar-refractivity contribution in [1.29, 1.82) is 0 Å². The molecule has 0 aliphatic carbocycles. The van der Waals surface area contributed by atoms with E-state index in [1.54, 1.807) is 0 Å². The number of nitrogens with zero attached hydrogens (tertiary/aromatic N) is 4. The normalized spacial score (nSPS) is 25.0. The zero-order chi connectivity index (χ0) is 16.1. The average molecular weight is 310 g/mol. The molecule has 1 amide bonds. The van der Waals surface area contributed by atoms with Crippen LogP contribution in [0.3, 0.4) is 0 Å². The molecule has 22 heavy (non-hydrogen) atoms. The van der Waals surface area contributed by atoms with E-state index in [1.807, 2.05) is 11.9 Å². The highest BCUT2D eigenvalue weighted by Gasteiger charge is 2.27. The van der Waals surface area contributed by atoms with Crippen molar-refractivity contribution in [3.8, 4) is 0 Å². The summed E-state index contributed by atoms with van der Waals surface area (Å²) in [6, 6.07) is 0.626. The Kier molecular flexibility index (Phi) is 6.66. The molecule has 5 nitrogen and oxygen atoms in total. The van der Waals surface area contributed by atoms with E-state index < -0.39 is 0 Å². The van der Waals surface area contributed by atoms with Crippen molar-refractivity contribution in [3.63, 3.8) is 0 Å². The Morgan fingerprint density at radius 2 is 1.77 bits per heavy atom. The van der Waals surface area contributed by atoms with Crippen LogP contribution < -0.4 is 0 Å². The Bertz CT molecular complexity index is 353. The van der Waals surface area contributed by atoms with Gasteiger partial charge in [-0.05, 0) is 39.3 Å². The summed E-state index contributed by atoms with van der Waals surface area (Å²) in [5.41, 5.74) is 0. The number of hydrogen-bond donors (Lipinski definition) is 0. The lowest BCUT2D eigenvalue weighted by atomic mass is 10.1. The van der Waals surface area contributed by atoms with Gasteiger partial charge in [-0.3, -0.25) is 9.69 Å². The molecule has 0 bridgehead atoms. The molecular formula is C17H34N4O. The molecule has 2 saturated heterocycles. The molecule has 0 spiro atoms. The maximum atomic E-state index is 12.4. The van der Waals surface area contributed by atoms with Crippen LogP contribution in [0.5, 0.6) is 0 Å². The molecule has 1 unspecified atom stereocenters. The van der Waals surface area contributed by atoms with Gasteiger partial charge in [-0.1, -0.05) is 6.92 Å². The number of hydrogen-bond acceptors (Lipinski definition) is 4. The standard InChI is InChI=1S/C17H34N4O/c1-5-19-8-10-20(11-9-19)14-17(22)18(4)12-16-6-7-21(13-16)15(2)3/h15-16H,5-14H2,1-4H3. The van der Waals surface area contributed by atoms with Crippen LogP contribution in [-0.2, 0) is 4.79 Å². The van der Waals surface area contributed by atoms with Crippen molar-refractivity contribution in [3.05, 3.63) is 0 Å². The Morgan fingerprint density at radius 3 is 2.32 bits per heavy atom. The number of amides is 1. The fourth-order valence-electron chi connectivity index (χ4n) is 3.55. The van der Waals surface area contributed by atoms with Crippen LogP contribution in [0.4, 0.5) is 0 Å². The summed E-state index contributed by atoms with van der Waals surface area (Å²) in [6.07, 6.45) is 1.23. The Morgan fingerprint density at radius 1 is 1.14 bits per heavy atom. The van der Waals surface area contributed by atoms with Gasteiger partial charge in [-0.15, -0.1) is 0 Å². The first kappa shape index (κ1) is 17.7. The van der Waals surface area contributed by atoms with E-state index in [0.717, 1.165) is 45.8 Å². The molecule has 0 N–H and O–H groups in total. The second kappa shape index (κ2) is 8.27. The van der Waals surface area contributed by atoms with Crippen molar-refractivity contribution in [2.24, 2.45) is 5.92 Å². The minimum absolute atomic E-state index is 0.285. The minimum Gasteiger partial charge on any atom is -0.344 e. The Hall–Kier alpha value is -0.650. The summed E-state index contributed by atoms with van der Waals surface area (Å²) in [4.78, 5) is 21.7. The molecule has 1 atom stereocenters. The van der Waals surface area contributed by atoms with E-state index in [0.29, 0.717) is 18.5 Å². The smallest absolute Gasteiger partial charge is 0.236 e. The van der Waals surface area contributed by atoms with E-state index in [4.69, 9.17) is 0 Å². The van der Waals surface area contributed by atoms with Crippen molar-refractivity contribution < 1.29 is 4.79 Å². The molecule has 2 aliphatic rings. The third-order valence-corrected chi connectivity index (χ3v) is 5.28. The van der Waals surface area contributed by atoms with E-state index in [2.05, 4.69) is 35.5 Å². The number of likely N-dealkylation sites (N-methyl/N-ethyl adjacent to an activating group) is 2. The first-order valence-electron chi connectivity index (χ1n) is 8.92. The monoisotopic (exact) mass is 310 g/mol. The number of carbonyl (C=O) groups is 1. The number of carbonyl (C=O) groups excluding carboxylic acids is 1. The molecule has 0 aromatic rings. The predicted octanol–water partition coefficient (Wildman–Crippen LogP) is 0.813. The SMILES string of the molecule is CCN1CCN(CC(=O)N(C)CC2CCN(C(C)C)C2)CC1. The van der Waals surface area contributed by atoms with Gasteiger partial charge in [0.05, 0.1) is 6.54 Å². The van der Waals surface area contributed by atoms with Gasteiger partial charge in [-0.25, -0.2) is 0 Å². The molecule has 2 aliphatic heterocycles. The van der Waals surface area contributed by atoms with Gasteiger partial charge in [0.1, 0.15) is 0 Å². The molecule has 0 saturated carbocycles. The van der Waals surface area contributed by atoms with Gasteiger partial charge in [0.15, 0.2) is 0 Å².